The van der Waals surface area contributed by atoms with Gasteiger partial charge in [0.15, 0.2) is 9.84 Å². The first-order chi connectivity index (χ1) is 7.55. The molecule has 0 rings (SSSR count). The Bertz CT molecular complexity index is 388. The number of carboxylic acid groups (broad SMARTS) is 1. The number of hydrogen-bond acceptors (Lipinski definition) is 4. The van der Waals surface area contributed by atoms with Gasteiger partial charge in [0.2, 0.25) is 5.91 Å². The molecule has 1 amide bonds. The largest absolute Gasteiger partial charge is 0.480 e. The summed E-state index contributed by atoms with van der Waals surface area (Å²) in [4.78, 5) is 22.4. The molecule has 0 saturated carbocycles. The first kappa shape index (κ1) is 15.9. The second-order valence-electron chi connectivity index (χ2n) is 4.50. The normalized spacial score (nSPS) is 15.4. The standard InChI is InChI=1S/C10H19NO5S/c1-6(2)5-8(10(13)14)11-9(12)7(3)17(4,15)16/h6-8H,5H2,1-4H3,(H,11,12)(H,13,14)/t7?,8-/m1/s1. The van der Waals surface area contributed by atoms with E-state index < -0.39 is 33.0 Å². The van der Waals surface area contributed by atoms with E-state index >= 15 is 0 Å². The van der Waals surface area contributed by atoms with Gasteiger partial charge in [-0.2, -0.15) is 0 Å². The average Bonchev–Trinajstić information content (AvgIpc) is 2.13. The molecule has 0 spiro atoms. The lowest BCUT2D eigenvalue weighted by Crippen LogP contribution is -2.47. The molecule has 6 nitrogen and oxygen atoms in total. The quantitative estimate of drug-likeness (QED) is 0.706. The Kier molecular flexibility index (Phi) is 5.60. The van der Waals surface area contributed by atoms with Crippen LogP contribution >= 0.6 is 0 Å². The van der Waals surface area contributed by atoms with Crippen molar-refractivity contribution in [3.05, 3.63) is 0 Å². The highest BCUT2D eigenvalue weighted by Crippen LogP contribution is 2.06. The minimum absolute atomic E-state index is 0.0879. The van der Waals surface area contributed by atoms with Gasteiger partial charge in [-0.3, -0.25) is 4.79 Å². The van der Waals surface area contributed by atoms with E-state index in [1.807, 2.05) is 13.8 Å². The molecule has 0 saturated heterocycles. The van der Waals surface area contributed by atoms with Crippen molar-refractivity contribution in [2.75, 3.05) is 6.26 Å². The summed E-state index contributed by atoms with van der Waals surface area (Å²) in [5.74, 6) is -1.85. The van der Waals surface area contributed by atoms with Gasteiger partial charge in [-0.05, 0) is 19.3 Å². The van der Waals surface area contributed by atoms with E-state index in [9.17, 15) is 18.0 Å². The van der Waals surface area contributed by atoms with Crippen molar-refractivity contribution in [2.24, 2.45) is 5.92 Å². The van der Waals surface area contributed by atoms with E-state index in [1.54, 1.807) is 0 Å². The molecule has 17 heavy (non-hydrogen) atoms. The topological polar surface area (TPSA) is 101 Å². The van der Waals surface area contributed by atoms with Crippen molar-refractivity contribution in [3.63, 3.8) is 0 Å². The van der Waals surface area contributed by atoms with Crippen molar-refractivity contribution in [1.29, 1.82) is 0 Å². The summed E-state index contributed by atoms with van der Waals surface area (Å²) in [5, 5.41) is 9.89. The maximum absolute atomic E-state index is 11.5. The van der Waals surface area contributed by atoms with Crippen LogP contribution in [0.3, 0.4) is 0 Å². The number of nitrogens with one attached hydrogen (secondary N) is 1. The summed E-state index contributed by atoms with van der Waals surface area (Å²) >= 11 is 0. The molecule has 1 unspecified atom stereocenters. The van der Waals surface area contributed by atoms with Gasteiger partial charge in [0.1, 0.15) is 11.3 Å². The summed E-state index contributed by atoms with van der Waals surface area (Å²) in [6.07, 6.45) is 1.20. The van der Waals surface area contributed by atoms with Crippen LogP contribution in [0, 0.1) is 5.92 Å². The molecule has 0 heterocycles. The van der Waals surface area contributed by atoms with Gasteiger partial charge >= 0.3 is 5.97 Å². The van der Waals surface area contributed by atoms with E-state index in [0.29, 0.717) is 0 Å². The van der Waals surface area contributed by atoms with Gasteiger partial charge in [-0.25, -0.2) is 13.2 Å². The Balaban J connectivity index is 4.68. The first-order valence-electron chi connectivity index (χ1n) is 5.27. The zero-order valence-corrected chi connectivity index (χ0v) is 11.2. The van der Waals surface area contributed by atoms with Gasteiger partial charge in [-0.1, -0.05) is 13.8 Å². The van der Waals surface area contributed by atoms with Crippen molar-refractivity contribution in [1.82, 2.24) is 5.32 Å². The Morgan fingerprint density at radius 2 is 1.71 bits per heavy atom. The molecule has 0 radical (unpaired) electrons. The van der Waals surface area contributed by atoms with Gasteiger partial charge in [0.05, 0.1) is 0 Å². The van der Waals surface area contributed by atoms with E-state index in [4.69, 9.17) is 5.11 Å². The van der Waals surface area contributed by atoms with E-state index in [0.717, 1.165) is 6.26 Å². The molecule has 0 aliphatic carbocycles. The van der Waals surface area contributed by atoms with Gasteiger partial charge < -0.3 is 10.4 Å². The molecule has 7 heteroatoms. The molecular weight excluding hydrogens is 246 g/mol. The molecule has 0 fully saturated rings. The van der Waals surface area contributed by atoms with Crippen molar-refractivity contribution < 1.29 is 23.1 Å². The highest BCUT2D eigenvalue weighted by Gasteiger charge is 2.28. The van der Waals surface area contributed by atoms with Crippen molar-refractivity contribution in [3.8, 4) is 0 Å². The third kappa shape index (κ3) is 5.67. The zero-order chi connectivity index (χ0) is 13.8. The number of aliphatic carboxylic acids is 1. The lowest BCUT2D eigenvalue weighted by atomic mass is 10.0. The van der Waals surface area contributed by atoms with Gasteiger partial charge in [-0.15, -0.1) is 0 Å². The summed E-state index contributed by atoms with van der Waals surface area (Å²) in [6.45, 7) is 4.88. The maximum atomic E-state index is 11.5. The molecule has 0 aromatic heterocycles. The summed E-state index contributed by atoms with van der Waals surface area (Å²) < 4.78 is 22.3. The van der Waals surface area contributed by atoms with Crippen LogP contribution in [0.25, 0.3) is 0 Å². The second kappa shape index (κ2) is 6.00. The predicted molar refractivity (Wildman–Crippen MR) is 63.3 cm³/mol. The fourth-order valence-electron chi connectivity index (χ4n) is 1.18. The fraction of sp³-hybridized carbons (Fsp3) is 0.800. The average molecular weight is 265 g/mol. The first-order valence-corrected chi connectivity index (χ1v) is 7.23. The maximum Gasteiger partial charge on any atom is 0.326 e. The lowest BCUT2D eigenvalue weighted by molar-refractivity contribution is -0.142. The van der Waals surface area contributed by atoms with Crippen LogP contribution in [0.2, 0.25) is 0 Å². The minimum atomic E-state index is -3.51. The van der Waals surface area contributed by atoms with Crippen LogP contribution < -0.4 is 5.32 Å². The highest BCUT2D eigenvalue weighted by atomic mass is 32.2. The molecule has 0 aliphatic heterocycles. The van der Waals surface area contributed by atoms with Crippen LogP contribution in [0.1, 0.15) is 27.2 Å². The fourth-order valence-corrected chi connectivity index (χ4v) is 1.63. The molecule has 2 N–H and O–H groups in total. The molecule has 2 atom stereocenters. The number of carbonyl (C=O) groups excluding carboxylic acids is 1. The molecule has 0 aromatic carbocycles. The van der Waals surface area contributed by atoms with Crippen molar-refractivity contribution in [2.45, 2.75) is 38.5 Å². The van der Waals surface area contributed by atoms with Crippen LogP contribution in [-0.4, -0.2) is 42.9 Å². The van der Waals surface area contributed by atoms with Crippen LogP contribution in [0.15, 0.2) is 0 Å². The summed E-state index contributed by atoms with van der Waals surface area (Å²) in [5.41, 5.74) is 0. The Hall–Kier alpha value is -1.11. The molecular formula is C10H19NO5S. The highest BCUT2D eigenvalue weighted by molar-refractivity contribution is 7.92. The van der Waals surface area contributed by atoms with E-state index in [-0.39, 0.29) is 12.3 Å². The number of carboxylic acids is 1. The van der Waals surface area contributed by atoms with Crippen molar-refractivity contribution >= 4 is 21.7 Å². The lowest BCUT2D eigenvalue weighted by Gasteiger charge is -2.18. The third-order valence-electron chi connectivity index (χ3n) is 2.33. The summed E-state index contributed by atoms with van der Waals surface area (Å²) in [7, 11) is -3.51. The monoisotopic (exact) mass is 265 g/mol. The number of hydrogen-bond donors (Lipinski definition) is 2. The Labute approximate surface area is 101 Å². The van der Waals surface area contributed by atoms with Gasteiger partial charge in [0, 0.05) is 6.26 Å². The zero-order valence-electron chi connectivity index (χ0n) is 10.4. The van der Waals surface area contributed by atoms with Crippen LogP contribution in [0.4, 0.5) is 0 Å². The van der Waals surface area contributed by atoms with Gasteiger partial charge in [0.25, 0.3) is 0 Å². The number of amides is 1. The molecule has 100 valence electrons. The smallest absolute Gasteiger partial charge is 0.326 e. The number of carbonyl (C=O) groups is 2. The summed E-state index contributed by atoms with van der Waals surface area (Å²) in [6, 6.07) is -1.05. The molecule has 0 bridgehead atoms. The predicted octanol–water partition coefficient (Wildman–Crippen LogP) is 0.0350. The number of sulfone groups is 1. The van der Waals surface area contributed by atoms with E-state index in [1.165, 1.54) is 6.92 Å². The molecule has 0 aromatic rings. The Morgan fingerprint density at radius 3 is 2.00 bits per heavy atom. The minimum Gasteiger partial charge on any atom is -0.480 e. The van der Waals surface area contributed by atoms with Crippen LogP contribution in [0.5, 0.6) is 0 Å². The number of rotatable bonds is 6. The third-order valence-corrected chi connectivity index (χ3v) is 3.83. The Morgan fingerprint density at radius 1 is 1.24 bits per heavy atom. The SMILES string of the molecule is CC(C)C[C@@H](NC(=O)C(C)S(C)(=O)=O)C(=O)O. The molecule has 0 aliphatic rings. The van der Waals surface area contributed by atoms with Crippen LogP contribution in [-0.2, 0) is 19.4 Å². The van der Waals surface area contributed by atoms with E-state index in [2.05, 4.69) is 5.32 Å². The second-order valence-corrected chi connectivity index (χ2v) is 6.87.